The Labute approximate surface area is 138 Å². The van der Waals surface area contributed by atoms with Crippen LogP contribution in [0.5, 0.6) is 0 Å². The van der Waals surface area contributed by atoms with Crippen molar-refractivity contribution in [2.75, 3.05) is 0 Å². The van der Waals surface area contributed by atoms with Gasteiger partial charge in [-0.3, -0.25) is 0 Å². The second-order valence-electron chi connectivity index (χ2n) is 7.49. The molecule has 0 spiro atoms. The van der Waals surface area contributed by atoms with Gasteiger partial charge >= 0.3 is 5.97 Å². The summed E-state index contributed by atoms with van der Waals surface area (Å²) in [6.07, 6.45) is 6.37. The molecule has 3 nitrogen and oxygen atoms in total. The second kappa shape index (κ2) is 6.46. The number of aldehydes is 1. The van der Waals surface area contributed by atoms with Gasteiger partial charge in [0.1, 0.15) is 12.4 Å². The van der Waals surface area contributed by atoms with Crippen LogP contribution in [0.25, 0.3) is 0 Å². The maximum Gasteiger partial charge on any atom is 0.338 e. The molecule has 0 amide bonds. The molecule has 0 saturated heterocycles. The monoisotopic (exact) mass is 314 g/mol. The number of fused-ring (bicyclic) bond motifs is 1. The Bertz CT molecular complexity index is 568. The highest BCUT2D eigenvalue weighted by Crippen LogP contribution is 2.58. The van der Waals surface area contributed by atoms with Crippen molar-refractivity contribution in [3.8, 4) is 0 Å². The lowest BCUT2D eigenvalue weighted by Crippen LogP contribution is -2.43. The van der Waals surface area contributed by atoms with Gasteiger partial charge in [0.05, 0.1) is 5.56 Å². The van der Waals surface area contributed by atoms with E-state index in [0.717, 1.165) is 38.4 Å². The van der Waals surface area contributed by atoms with Gasteiger partial charge in [0.15, 0.2) is 0 Å². The zero-order chi connectivity index (χ0) is 16.4. The first-order valence-corrected chi connectivity index (χ1v) is 8.77. The van der Waals surface area contributed by atoms with E-state index >= 15 is 0 Å². The minimum absolute atomic E-state index is 0.00897. The molecule has 124 valence electrons. The SMILES string of the molecule is C[C@@H](C=O)C1CCC2[C@@H](OC(=O)c3ccccc3)CCC[C@@]21C. The molecule has 0 aliphatic heterocycles. The number of benzene rings is 1. The Morgan fingerprint density at radius 3 is 2.70 bits per heavy atom. The summed E-state index contributed by atoms with van der Waals surface area (Å²) in [7, 11) is 0. The molecule has 1 aromatic carbocycles. The van der Waals surface area contributed by atoms with E-state index in [1.54, 1.807) is 12.1 Å². The molecule has 0 bridgehead atoms. The first-order valence-electron chi connectivity index (χ1n) is 8.77. The van der Waals surface area contributed by atoms with Crippen molar-refractivity contribution >= 4 is 12.3 Å². The highest BCUT2D eigenvalue weighted by molar-refractivity contribution is 5.89. The largest absolute Gasteiger partial charge is 0.458 e. The summed E-state index contributed by atoms with van der Waals surface area (Å²) in [4.78, 5) is 23.7. The lowest BCUT2D eigenvalue weighted by molar-refractivity contribution is -0.114. The molecule has 0 radical (unpaired) electrons. The van der Waals surface area contributed by atoms with Crippen molar-refractivity contribution in [1.29, 1.82) is 0 Å². The highest BCUT2D eigenvalue weighted by Gasteiger charge is 2.53. The van der Waals surface area contributed by atoms with Gasteiger partial charge < -0.3 is 9.53 Å². The van der Waals surface area contributed by atoms with Crippen LogP contribution in [0.3, 0.4) is 0 Å². The summed E-state index contributed by atoms with van der Waals surface area (Å²) in [6.45, 7) is 4.34. The van der Waals surface area contributed by atoms with Crippen molar-refractivity contribution in [3.05, 3.63) is 35.9 Å². The van der Waals surface area contributed by atoms with Crippen molar-refractivity contribution in [2.24, 2.45) is 23.2 Å². The fraction of sp³-hybridized carbons (Fsp3) is 0.600. The quantitative estimate of drug-likeness (QED) is 0.616. The molecule has 0 N–H and O–H groups in total. The first-order chi connectivity index (χ1) is 11.1. The maximum atomic E-state index is 12.4. The minimum atomic E-state index is -0.216. The van der Waals surface area contributed by atoms with Gasteiger partial charge in [-0.05, 0) is 55.6 Å². The van der Waals surface area contributed by atoms with E-state index in [9.17, 15) is 9.59 Å². The molecule has 2 saturated carbocycles. The molecule has 23 heavy (non-hydrogen) atoms. The molecule has 0 heterocycles. The molecule has 2 aliphatic rings. The summed E-state index contributed by atoms with van der Waals surface area (Å²) < 4.78 is 5.89. The Morgan fingerprint density at radius 1 is 1.26 bits per heavy atom. The van der Waals surface area contributed by atoms with Crippen molar-refractivity contribution in [3.63, 3.8) is 0 Å². The van der Waals surface area contributed by atoms with Crippen molar-refractivity contribution < 1.29 is 14.3 Å². The molecular weight excluding hydrogens is 288 g/mol. The predicted molar refractivity (Wildman–Crippen MR) is 89.0 cm³/mol. The van der Waals surface area contributed by atoms with Crippen LogP contribution in [0.2, 0.25) is 0 Å². The molecule has 2 unspecified atom stereocenters. The Hall–Kier alpha value is -1.64. The predicted octanol–water partition coefficient (Wildman–Crippen LogP) is 4.26. The van der Waals surface area contributed by atoms with Gasteiger partial charge in [-0.15, -0.1) is 0 Å². The molecular formula is C20H26O3. The normalized spacial score (nSPS) is 34.4. The molecule has 5 atom stereocenters. The van der Waals surface area contributed by atoms with Crippen LogP contribution in [0.15, 0.2) is 30.3 Å². The summed E-state index contributed by atoms with van der Waals surface area (Å²) in [5, 5.41) is 0. The summed E-state index contributed by atoms with van der Waals surface area (Å²) in [5.74, 6) is 0.680. The van der Waals surface area contributed by atoms with Crippen LogP contribution in [0.1, 0.15) is 56.3 Å². The lowest BCUT2D eigenvalue weighted by Gasteiger charge is -2.45. The number of hydrogen-bond acceptors (Lipinski definition) is 3. The van der Waals surface area contributed by atoms with Crippen molar-refractivity contribution in [1.82, 2.24) is 0 Å². The average Bonchev–Trinajstić information content (AvgIpc) is 2.93. The van der Waals surface area contributed by atoms with E-state index in [4.69, 9.17) is 4.74 Å². The number of esters is 1. The van der Waals surface area contributed by atoms with Crippen LogP contribution < -0.4 is 0 Å². The Kier molecular flexibility index (Phi) is 4.56. The summed E-state index contributed by atoms with van der Waals surface area (Å²) in [6, 6.07) is 9.22. The maximum absolute atomic E-state index is 12.4. The molecule has 0 aromatic heterocycles. The number of carbonyl (C=O) groups is 2. The first kappa shape index (κ1) is 16.2. The third kappa shape index (κ3) is 2.93. The zero-order valence-corrected chi connectivity index (χ0v) is 14.0. The minimum Gasteiger partial charge on any atom is -0.458 e. The van der Waals surface area contributed by atoms with E-state index in [0.29, 0.717) is 17.4 Å². The second-order valence-corrected chi connectivity index (χ2v) is 7.49. The average molecular weight is 314 g/mol. The van der Waals surface area contributed by atoms with Crippen molar-refractivity contribution in [2.45, 2.75) is 52.1 Å². The van der Waals surface area contributed by atoms with E-state index in [-0.39, 0.29) is 23.4 Å². The van der Waals surface area contributed by atoms with Crippen LogP contribution in [0, 0.1) is 23.2 Å². The van der Waals surface area contributed by atoms with Crippen LogP contribution >= 0.6 is 0 Å². The fourth-order valence-corrected chi connectivity index (χ4v) is 5.04. The Balaban J connectivity index is 1.75. The Morgan fingerprint density at radius 2 is 2.00 bits per heavy atom. The number of rotatable bonds is 4. The van der Waals surface area contributed by atoms with Crippen LogP contribution in [0.4, 0.5) is 0 Å². The van der Waals surface area contributed by atoms with E-state index in [1.807, 2.05) is 25.1 Å². The van der Waals surface area contributed by atoms with Gasteiger partial charge in [-0.2, -0.15) is 0 Å². The van der Waals surface area contributed by atoms with E-state index in [1.165, 1.54) is 0 Å². The zero-order valence-electron chi connectivity index (χ0n) is 14.0. The van der Waals surface area contributed by atoms with Gasteiger partial charge in [0.25, 0.3) is 0 Å². The van der Waals surface area contributed by atoms with E-state index in [2.05, 4.69) is 6.92 Å². The van der Waals surface area contributed by atoms with Gasteiger partial charge in [-0.25, -0.2) is 4.79 Å². The third-order valence-electron chi connectivity index (χ3n) is 6.25. The molecule has 3 heteroatoms. The van der Waals surface area contributed by atoms with E-state index < -0.39 is 0 Å². The number of ether oxygens (including phenoxy) is 1. The highest BCUT2D eigenvalue weighted by atomic mass is 16.5. The van der Waals surface area contributed by atoms with Crippen LogP contribution in [-0.4, -0.2) is 18.4 Å². The summed E-state index contributed by atoms with van der Waals surface area (Å²) >= 11 is 0. The third-order valence-corrected chi connectivity index (χ3v) is 6.25. The topological polar surface area (TPSA) is 43.4 Å². The van der Waals surface area contributed by atoms with Gasteiger partial charge in [-0.1, -0.05) is 32.0 Å². The number of carbonyl (C=O) groups excluding carboxylic acids is 2. The van der Waals surface area contributed by atoms with Crippen LogP contribution in [-0.2, 0) is 9.53 Å². The summed E-state index contributed by atoms with van der Waals surface area (Å²) in [5.41, 5.74) is 0.746. The van der Waals surface area contributed by atoms with Gasteiger partial charge in [0, 0.05) is 11.8 Å². The van der Waals surface area contributed by atoms with Gasteiger partial charge in [0.2, 0.25) is 0 Å². The fourth-order valence-electron chi connectivity index (χ4n) is 5.04. The standard InChI is InChI=1S/C20H26O3/c1-14(13-21)16-10-11-17-18(9-6-12-20(16,17)2)23-19(22)15-7-4-3-5-8-15/h3-5,7-8,13-14,16-18H,6,9-12H2,1-2H3/t14-,16?,17?,18-,20+/m0/s1. The number of hydrogen-bond donors (Lipinski definition) is 0. The molecule has 1 aromatic rings. The smallest absolute Gasteiger partial charge is 0.338 e. The molecule has 2 fully saturated rings. The molecule has 3 rings (SSSR count). The lowest BCUT2D eigenvalue weighted by atomic mass is 9.62. The molecule has 2 aliphatic carbocycles.